The van der Waals surface area contributed by atoms with Crippen LogP contribution in [0.5, 0.6) is 11.5 Å². The highest BCUT2D eigenvalue weighted by Gasteiger charge is 2.40. The van der Waals surface area contributed by atoms with Crippen LogP contribution in [-0.4, -0.2) is 18.5 Å². The van der Waals surface area contributed by atoms with Gasteiger partial charge in [-0.15, -0.1) is 0 Å². The lowest BCUT2D eigenvalue weighted by atomic mass is 9.75. The topological polar surface area (TPSA) is 76.7 Å². The molecule has 0 radical (unpaired) electrons. The van der Waals surface area contributed by atoms with Gasteiger partial charge in [0.2, 0.25) is 6.79 Å². The average Bonchev–Trinajstić information content (AvgIpc) is 3.21. The zero-order valence-electron chi connectivity index (χ0n) is 17.9. The number of carbonyl (C=O) groups excluding carboxylic acids is 2. The number of para-hydroxylation sites is 1. The Kier molecular flexibility index (Phi) is 5.29. The molecule has 2 aromatic carbocycles. The van der Waals surface area contributed by atoms with E-state index < -0.39 is 5.92 Å². The third kappa shape index (κ3) is 3.50. The molecule has 0 saturated carbocycles. The van der Waals surface area contributed by atoms with Crippen LogP contribution in [0, 0.1) is 6.92 Å². The van der Waals surface area contributed by atoms with E-state index in [9.17, 15) is 9.59 Å². The van der Waals surface area contributed by atoms with E-state index in [1.165, 1.54) is 0 Å². The van der Waals surface area contributed by atoms with E-state index in [0.29, 0.717) is 29.1 Å². The maximum Gasteiger partial charge on any atom is 0.254 e. The number of halogens is 1. The molecule has 5 rings (SSSR count). The Morgan fingerprint density at radius 3 is 2.66 bits per heavy atom. The number of dihydropyridines is 1. The number of nitrogens with one attached hydrogen (secondary N) is 2. The number of allylic oxidation sites excluding steroid dienone is 3. The van der Waals surface area contributed by atoms with Crippen molar-refractivity contribution in [3.63, 3.8) is 0 Å². The number of anilines is 1. The van der Waals surface area contributed by atoms with Crippen LogP contribution in [0.1, 0.15) is 43.2 Å². The predicted molar refractivity (Wildman–Crippen MR) is 125 cm³/mol. The highest BCUT2D eigenvalue weighted by Crippen LogP contribution is 2.48. The van der Waals surface area contributed by atoms with Crippen molar-refractivity contribution in [3.8, 4) is 11.5 Å². The molecule has 0 spiro atoms. The van der Waals surface area contributed by atoms with Gasteiger partial charge in [-0.2, -0.15) is 0 Å². The van der Waals surface area contributed by atoms with Crippen LogP contribution in [0.25, 0.3) is 0 Å². The summed E-state index contributed by atoms with van der Waals surface area (Å²) in [5, 5.41) is 6.41. The molecular formula is C25H23BrN2O4. The maximum absolute atomic E-state index is 13.6. The van der Waals surface area contributed by atoms with Crippen molar-refractivity contribution in [1.29, 1.82) is 0 Å². The second-order valence-corrected chi connectivity index (χ2v) is 9.12. The molecule has 0 aromatic heterocycles. The number of benzene rings is 2. The fourth-order valence-corrected chi connectivity index (χ4v) is 5.20. The van der Waals surface area contributed by atoms with Crippen molar-refractivity contribution in [2.24, 2.45) is 0 Å². The van der Waals surface area contributed by atoms with Crippen molar-refractivity contribution in [3.05, 3.63) is 74.5 Å². The van der Waals surface area contributed by atoms with Gasteiger partial charge in [-0.05, 0) is 56.0 Å². The second kappa shape index (κ2) is 8.13. The number of Topliss-reactive ketones (excluding diaryl/α,β-unsaturated/α-hetero) is 1. The second-order valence-electron chi connectivity index (χ2n) is 8.26. The van der Waals surface area contributed by atoms with Gasteiger partial charge in [-0.25, -0.2) is 0 Å². The number of fused-ring (bicyclic) bond motifs is 1. The van der Waals surface area contributed by atoms with E-state index in [1.54, 1.807) is 0 Å². The molecule has 1 atom stereocenters. The fraction of sp³-hybridized carbons (Fsp3) is 0.280. The average molecular weight is 495 g/mol. The monoisotopic (exact) mass is 494 g/mol. The number of rotatable bonds is 3. The summed E-state index contributed by atoms with van der Waals surface area (Å²) in [5.74, 6) is 0.589. The highest BCUT2D eigenvalue weighted by atomic mass is 79.9. The quantitative estimate of drug-likeness (QED) is 0.621. The smallest absolute Gasteiger partial charge is 0.254 e. The Morgan fingerprint density at radius 2 is 1.88 bits per heavy atom. The first kappa shape index (κ1) is 20.8. The largest absolute Gasteiger partial charge is 0.454 e. The van der Waals surface area contributed by atoms with Crippen LogP contribution in [0.3, 0.4) is 0 Å². The minimum Gasteiger partial charge on any atom is -0.454 e. The minimum absolute atomic E-state index is 0.0713. The Balaban J connectivity index is 1.64. The van der Waals surface area contributed by atoms with E-state index in [-0.39, 0.29) is 18.5 Å². The summed E-state index contributed by atoms with van der Waals surface area (Å²) in [5.41, 5.74) is 5.37. The standard InChI is InChI=1S/C25H23BrN2O4/c1-13-6-3-4-7-17(13)28-25(30)22-14(2)27-18-8-5-9-19(29)24(18)23(22)15-10-20-21(11-16(15)26)32-12-31-20/h3-4,6-7,10-11,23,27H,5,8-9,12H2,1-2H3,(H,28,30)/t23-/m0/s1. The van der Waals surface area contributed by atoms with Crippen molar-refractivity contribution < 1.29 is 19.1 Å². The Hall–Kier alpha value is -3.06. The molecule has 2 aliphatic heterocycles. The molecule has 1 aliphatic carbocycles. The summed E-state index contributed by atoms with van der Waals surface area (Å²) in [6.07, 6.45) is 2.06. The molecule has 1 amide bonds. The summed E-state index contributed by atoms with van der Waals surface area (Å²) < 4.78 is 11.9. The molecule has 0 bridgehead atoms. The summed E-state index contributed by atoms with van der Waals surface area (Å²) in [6, 6.07) is 11.4. The van der Waals surface area contributed by atoms with Gasteiger partial charge in [-0.1, -0.05) is 34.1 Å². The molecule has 0 saturated heterocycles. The van der Waals surface area contributed by atoms with Gasteiger partial charge >= 0.3 is 0 Å². The van der Waals surface area contributed by atoms with Crippen LogP contribution in [-0.2, 0) is 9.59 Å². The molecule has 32 heavy (non-hydrogen) atoms. The lowest BCUT2D eigenvalue weighted by molar-refractivity contribution is -0.116. The van der Waals surface area contributed by atoms with Gasteiger partial charge in [0.25, 0.3) is 5.91 Å². The number of hydrogen-bond acceptors (Lipinski definition) is 5. The number of aryl methyl sites for hydroxylation is 1. The SMILES string of the molecule is CC1=C(C(=O)Nc2ccccc2C)[C@H](c2cc3c(cc2Br)OCO3)C2=C(CCCC2=O)N1. The van der Waals surface area contributed by atoms with E-state index >= 15 is 0 Å². The molecule has 0 fully saturated rings. The summed E-state index contributed by atoms with van der Waals surface area (Å²) in [4.78, 5) is 26.7. The molecule has 2 aromatic rings. The minimum atomic E-state index is -0.507. The Bertz CT molecular complexity index is 1210. The first-order chi connectivity index (χ1) is 15.4. The van der Waals surface area contributed by atoms with Crippen LogP contribution >= 0.6 is 15.9 Å². The molecule has 2 heterocycles. The van der Waals surface area contributed by atoms with E-state index in [0.717, 1.165) is 45.5 Å². The number of ether oxygens (including phenoxy) is 2. The van der Waals surface area contributed by atoms with Gasteiger partial charge < -0.3 is 20.1 Å². The van der Waals surface area contributed by atoms with Gasteiger partial charge in [-0.3, -0.25) is 9.59 Å². The lowest BCUT2D eigenvalue weighted by Crippen LogP contribution is -2.35. The zero-order chi connectivity index (χ0) is 22.4. The van der Waals surface area contributed by atoms with Gasteiger partial charge in [0.15, 0.2) is 17.3 Å². The first-order valence-corrected chi connectivity index (χ1v) is 11.4. The third-order valence-corrected chi connectivity index (χ3v) is 6.90. The van der Waals surface area contributed by atoms with Crippen LogP contribution < -0.4 is 20.1 Å². The lowest BCUT2D eigenvalue weighted by Gasteiger charge is -2.35. The predicted octanol–water partition coefficient (Wildman–Crippen LogP) is 5.09. The van der Waals surface area contributed by atoms with E-state index in [4.69, 9.17) is 9.47 Å². The van der Waals surface area contributed by atoms with Crippen molar-refractivity contribution in [1.82, 2.24) is 5.32 Å². The zero-order valence-corrected chi connectivity index (χ0v) is 19.5. The van der Waals surface area contributed by atoms with Crippen LogP contribution in [0.4, 0.5) is 5.69 Å². The molecule has 3 aliphatic rings. The van der Waals surface area contributed by atoms with Crippen molar-refractivity contribution in [2.75, 3.05) is 12.1 Å². The molecule has 0 unspecified atom stereocenters. The van der Waals surface area contributed by atoms with Crippen LogP contribution in [0.15, 0.2) is 63.4 Å². The summed E-state index contributed by atoms with van der Waals surface area (Å²) in [7, 11) is 0. The van der Waals surface area contributed by atoms with Gasteiger partial charge in [0.05, 0.1) is 0 Å². The van der Waals surface area contributed by atoms with Gasteiger partial charge in [0.1, 0.15) is 0 Å². The number of amides is 1. The number of carbonyl (C=O) groups is 2. The summed E-state index contributed by atoms with van der Waals surface area (Å²) >= 11 is 3.65. The fourth-order valence-electron chi connectivity index (χ4n) is 4.65. The molecular weight excluding hydrogens is 472 g/mol. The normalized spacial score (nSPS) is 19.6. The van der Waals surface area contributed by atoms with E-state index in [2.05, 4.69) is 26.6 Å². The molecule has 7 heteroatoms. The number of ketones is 1. The highest BCUT2D eigenvalue weighted by molar-refractivity contribution is 9.10. The van der Waals surface area contributed by atoms with Gasteiger partial charge in [0, 0.05) is 45.0 Å². The van der Waals surface area contributed by atoms with E-state index in [1.807, 2.05) is 50.2 Å². The Morgan fingerprint density at radius 1 is 1.12 bits per heavy atom. The summed E-state index contributed by atoms with van der Waals surface area (Å²) in [6.45, 7) is 4.00. The first-order valence-electron chi connectivity index (χ1n) is 10.6. The van der Waals surface area contributed by atoms with Crippen molar-refractivity contribution in [2.45, 2.75) is 39.0 Å². The number of hydrogen-bond donors (Lipinski definition) is 2. The maximum atomic E-state index is 13.6. The molecule has 6 nitrogen and oxygen atoms in total. The molecule has 2 N–H and O–H groups in total. The van der Waals surface area contributed by atoms with Crippen molar-refractivity contribution >= 4 is 33.3 Å². The Labute approximate surface area is 194 Å². The van der Waals surface area contributed by atoms with Crippen LogP contribution in [0.2, 0.25) is 0 Å². The third-order valence-electron chi connectivity index (χ3n) is 6.22. The molecule has 164 valence electrons.